The van der Waals surface area contributed by atoms with Crippen molar-refractivity contribution in [2.24, 2.45) is 0 Å². The first-order valence-corrected chi connectivity index (χ1v) is 5.63. The molecule has 1 aromatic rings. The van der Waals surface area contributed by atoms with Crippen molar-refractivity contribution in [3.05, 3.63) is 29.3 Å². The van der Waals surface area contributed by atoms with Crippen molar-refractivity contribution in [3.63, 3.8) is 0 Å². The highest BCUT2D eigenvalue weighted by Crippen LogP contribution is 2.44. The van der Waals surface area contributed by atoms with Gasteiger partial charge >= 0.3 is 0 Å². The van der Waals surface area contributed by atoms with Crippen LogP contribution in [0.15, 0.2) is 18.2 Å². The van der Waals surface area contributed by atoms with Crippen LogP contribution < -0.4 is 10.1 Å². The van der Waals surface area contributed by atoms with Crippen molar-refractivity contribution in [2.45, 2.75) is 18.3 Å². The van der Waals surface area contributed by atoms with Gasteiger partial charge in [0, 0.05) is 30.4 Å². The standard InChI is InChI=1S/C13H13NO3/c1-17-8-2-3-9-10(4-8)13(5-11(9)15)6-12(16)14-7-13/h2-4H,5-7H2,1H3,(H,14,16). The van der Waals surface area contributed by atoms with Gasteiger partial charge in [-0.2, -0.15) is 0 Å². The first kappa shape index (κ1) is 10.3. The summed E-state index contributed by atoms with van der Waals surface area (Å²) >= 11 is 0. The molecule has 2 aliphatic rings. The SMILES string of the molecule is COc1ccc2c(c1)C1(CNC(=O)C1)CC2=O. The maximum atomic E-state index is 12.0. The minimum Gasteiger partial charge on any atom is -0.497 e. The summed E-state index contributed by atoms with van der Waals surface area (Å²) in [6.45, 7) is 0.553. The van der Waals surface area contributed by atoms with Gasteiger partial charge in [0.2, 0.25) is 5.91 Å². The van der Waals surface area contributed by atoms with Gasteiger partial charge in [-0.15, -0.1) is 0 Å². The number of benzene rings is 1. The Kier molecular flexibility index (Phi) is 2.02. The number of carbonyl (C=O) groups excluding carboxylic acids is 2. The zero-order valence-corrected chi connectivity index (χ0v) is 9.58. The number of nitrogens with one attached hydrogen (secondary N) is 1. The molecule has 1 atom stereocenters. The average Bonchev–Trinajstić information content (AvgIpc) is 2.82. The third-order valence-electron chi connectivity index (χ3n) is 3.72. The molecule has 1 aromatic carbocycles. The van der Waals surface area contributed by atoms with Gasteiger partial charge in [-0.1, -0.05) is 0 Å². The number of carbonyl (C=O) groups is 2. The van der Waals surface area contributed by atoms with Gasteiger partial charge in [0.05, 0.1) is 7.11 Å². The van der Waals surface area contributed by atoms with Crippen LogP contribution in [0.1, 0.15) is 28.8 Å². The van der Waals surface area contributed by atoms with E-state index in [0.717, 1.165) is 16.9 Å². The van der Waals surface area contributed by atoms with Crippen molar-refractivity contribution in [2.75, 3.05) is 13.7 Å². The predicted molar refractivity (Wildman–Crippen MR) is 61.2 cm³/mol. The van der Waals surface area contributed by atoms with E-state index in [4.69, 9.17) is 4.74 Å². The highest BCUT2D eigenvalue weighted by molar-refractivity contribution is 6.04. The topological polar surface area (TPSA) is 55.4 Å². The van der Waals surface area contributed by atoms with Crippen molar-refractivity contribution >= 4 is 11.7 Å². The second kappa shape index (κ2) is 3.32. The molecule has 0 aromatic heterocycles. The summed E-state index contributed by atoms with van der Waals surface area (Å²) < 4.78 is 5.19. The molecule has 1 aliphatic carbocycles. The van der Waals surface area contributed by atoms with Crippen LogP contribution in [0.5, 0.6) is 5.75 Å². The lowest BCUT2D eigenvalue weighted by atomic mass is 9.81. The van der Waals surface area contributed by atoms with Crippen molar-refractivity contribution < 1.29 is 14.3 Å². The predicted octanol–water partition coefficient (Wildman–Crippen LogP) is 1.04. The molecular formula is C13H13NO3. The molecule has 1 fully saturated rings. The maximum Gasteiger partial charge on any atom is 0.221 e. The van der Waals surface area contributed by atoms with Gasteiger partial charge in [0.1, 0.15) is 5.75 Å². The quantitative estimate of drug-likeness (QED) is 0.785. The number of amides is 1. The van der Waals surface area contributed by atoms with Gasteiger partial charge in [-0.05, 0) is 23.8 Å². The lowest BCUT2D eigenvalue weighted by molar-refractivity contribution is -0.119. The monoisotopic (exact) mass is 231 g/mol. The molecule has 4 nitrogen and oxygen atoms in total. The zero-order chi connectivity index (χ0) is 12.0. The molecule has 1 unspecified atom stereocenters. The summed E-state index contributed by atoms with van der Waals surface area (Å²) in [6.07, 6.45) is 0.827. The smallest absolute Gasteiger partial charge is 0.221 e. The summed E-state index contributed by atoms with van der Waals surface area (Å²) in [4.78, 5) is 23.4. The average molecular weight is 231 g/mol. The Bertz CT molecular complexity index is 523. The van der Waals surface area contributed by atoms with E-state index < -0.39 is 0 Å². The Hall–Kier alpha value is -1.84. The van der Waals surface area contributed by atoms with Crippen LogP contribution in [0.4, 0.5) is 0 Å². The Morgan fingerprint density at radius 2 is 2.12 bits per heavy atom. The van der Waals surface area contributed by atoms with E-state index in [-0.39, 0.29) is 17.1 Å². The fourth-order valence-electron chi connectivity index (χ4n) is 2.85. The van der Waals surface area contributed by atoms with Crippen LogP contribution in [-0.4, -0.2) is 25.3 Å². The molecule has 0 bridgehead atoms. The van der Waals surface area contributed by atoms with Crippen LogP contribution in [-0.2, 0) is 10.2 Å². The molecule has 0 saturated carbocycles. The van der Waals surface area contributed by atoms with Crippen LogP contribution >= 0.6 is 0 Å². The first-order chi connectivity index (χ1) is 8.14. The summed E-state index contributed by atoms with van der Waals surface area (Å²) in [6, 6.07) is 5.48. The van der Waals surface area contributed by atoms with E-state index in [0.29, 0.717) is 19.4 Å². The van der Waals surface area contributed by atoms with Gasteiger partial charge in [-0.25, -0.2) is 0 Å². The molecule has 1 amide bonds. The Morgan fingerprint density at radius 1 is 1.29 bits per heavy atom. The van der Waals surface area contributed by atoms with Gasteiger partial charge in [-0.3, -0.25) is 9.59 Å². The largest absolute Gasteiger partial charge is 0.497 e. The van der Waals surface area contributed by atoms with E-state index >= 15 is 0 Å². The van der Waals surface area contributed by atoms with E-state index in [1.807, 2.05) is 6.07 Å². The minimum absolute atomic E-state index is 0.0217. The minimum atomic E-state index is -0.335. The van der Waals surface area contributed by atoms with Crippen LogP contribution in [0.3, 0.4) is 0 Å². The molecule has 4 heteroatoms. The number of fused-ring (bicyclic) bond motifs is 2. The number of hydrogen-bond acceptors (Lipinski definition) is 3. The number of ketones is 1. The summed E-state index contributed by atoms with van der Waals surface area (Å²) in [5.74, 6) is 0.879. The molecular weight excluding hydrogens is 218 g/mol. The molecule has 1 N–H and O–H groups in total. The van der Waals surface area contributed by atoms with E-state index in [1.54, 1.807) is 19.2 Å². The third-order valence-corrected chi connectivity index (χ3v) is 3.72. The number of ether oxygens (including phenoxy) is 1. The van der Waals surface area contributed by atoms with E-state index in [1.165, 1.54) is 0 Å². The van der Waals surface area contributed by atoms with Crippen molar-refractivity contribution in [1.29, 1.82) is 0 Å². The second-order valence-corrected chi connectivity index (χ2v) is 4.75. The third kappa shape index (κ3) is 1.37. The normalized spacial score (nSPS) is 26.2. The summed E-state index contributed by atoms with van der Waals surface area (Å²) in [5, 5.41) is 2.82. The van der Waals surface area contributed by atoms with E-state index in [9.17, 15) is 9.59 Å². The first-order valence-electron chi connectivity index (χ1n) is 5.63. The summed E-state index contributed by atoms with van der Waals surface area (Å²) in [5.41, 5.74) is 1.36. The lowest BCUT2D eigenvalue weighted by Gasteiger charge is -2.21. The highest BCUT2D eigenvalue weighted by atomic mass is 16.5. The molecule has 1 heterocycles. The number of methoxy groups -OCH3 is 1. The number of Topliss-reactive ketones (excluding diaryl/α,β-unsaturated/α-hetero) is 1. The van der Waals surface area contributed by atoms with Gasteiger partial charge in [0.25, 0.3) is 0 Å². The highest BCUT2D eigenvalue weighted by Gasteiger charge is 2.48. The zero-order valence-electron chi connectivity index (χ0n) is 9.58. The lowest BCUT2D eigenvalue weighted by Crippen LogP contribution is -2.26. The summed E-state index contributed by atoms with van der Waals surface area (Å²) in [7, 11) is 1.60. The Labute approximate surface area is 99.0 Å². The van der Waals surface area contributed by atoms with Crippen LogP contribution in [0.2, 0.25) is 0 Å². The Balaban J connectivity index is 2.14. The van der Waals surface area contributed by atoms with Gasteiger partial charge < -0.3 is 10.1 Å². The second-order valence-electron chi connectivity index (χ2n) is 4.75. The molecule has 1 spiro atoms. The van der Waals surface area contributed by atoms with Crippen molar-refractivity contribution in [1.82, 2.24) is 5.32 Å². The molecule has 88 valence electrons. The molecule has 0 radical (unpaired) electrons. The van der Waals surface area contributed by atoms with E-state index in [2.05, 4.69) is 5.32 Å². The molecule has 3 rings (SSSR count). The molecule has 17 heavy (non-hydrogen) atoms. The fourth-order valence-corrected chi connectivity index (χ4v) is 2.85. The number of hydrogen-bond donors (Lipinski definition) is 1. The Morgan fingerprint density at radius 3 is 2.76 bits per heavy atom. The molecule has 1 saturated heterocycles. The maximum absolute atomic E-state index is 12.0. The fraction of sp³-hybridized carbons (Fsp3) is 0.385. The van der Waals surface area contributed by atoms with Crippen LogP contribution in [0.25, 0.3) is 0 Å². The number of rotatable bonds is 1. The van der Waals surface area contributed by atoms with Gasteiger partial charge in [0.15, 0.2) is 5.78 Å². The van der Waals surface area contributed by atoms with Crippen molar-refractivity contribution in [3.8, 4) is 5.75 Å². The molecule has 1 aliphatic heterocycles. The van der Waals surface area contributed by atoms with Crippen LogP contribution in [0, 0.1) is 0 Å².